The van der Waals surface area contributed by atoms with Crippen LogP contribution in [-0.4, -0.2) is 44.7 Å². The van der Waals surface area contributed by atoms with Crippen molar-refractivity contribution >= 4 is 5.91 Å². The van der Waals surface area contributed by atoms with E-state index in [4.69, 9.17) is 9.47 Å². The molecule has 0 fully saturated rings. The average molecular weight is 294 g/mol. The van der Waals surface area contributed by atoms with Crippen LogP contribution >= 0.6 is 0 Å². The Hall–Kier alpha value is -1.75. The molecule has 0 heterocycles. The van der Waals surface area contributed by atoms with Crippen molar-refractivity contribution in [3.8, 4) is 11.5 Å². The Morgan fingerprint density at radius 2 is 1.95 bits per heavy atom. The Morgan fingerprint density at radius 1 is 1.19 bits per heavy atom. The lowest BCUT2D eigenvalue weighted by Crippen LogP contribution is -2.27. The number of ether oxygens (including phenoxy) is 2. The zero-order chi connectivity index (χ0) is 15.7. The SMILES string of the molecule is CCCNCc1ccc(OCC(=O)N(C)C)c(OCC)c1. The van der Waals surface area contributed by atoms with Gasteiger partial charge in [-0.25, -0.2) is 0 Å². The second kappa shape index (κ2) is 9.23. The minimum atomic E-state index is -0.0777. The van der Waals surface area contributed by atoms with Crippen molar-refractivity contribution in [2.45, 2.75) is 26.8 Å². The number of likely N-dealkylation sites (N-methyl/N-ethyl adjacent to an activating group) is 1. The first-order chi connectivity index (χ1) is 10.1. The molecule has 0 atom stereocenters. The first-order valence-corrected chi connectivity index (χ1v) is 7.37. The van der Waals surface area contributed by atoms with Crippen LogP contribution in [0.4, 0.5) is 0 Å². The van der Waals surface area contributed by atoms with E-state index in [0.29, 0.717) is 18.1 Å². The predicted molar refractivity (Wildman–Crippen MR) is 83.8 cm³/mol. The molecule has 0 aliphatic heterocycles. The van der Waals surface area contributed by atoms with E-state index in [9.17, 15) is 4.79 Å². The lowest BCUT2D eigenvalue weighted by atomic mass is 10.2. The zero-order valence-corrected chi connectivity index (χ0v) is 13.4. The summed E-state index contributed by atoms with van der Waals surface area (Å²) in [4.78, 5) is 13.1. The summed E-state index contributed by atoms with van der Waals surface area (Å²) in [6, 6.07) is 5.80. The fourth-order valence-corrected chi connectivity index (χ4v) is 1.73. The molecule has 5 heteroatoms. The number of rotatable bonds is 9. The standard InChI is InChI=1S/C16H26N2O3/c1-5-9-17-11-13-7-8-14(15(10-13)20-6-2)21-12-16(19)18(3)4/h7-8,10,17H,5-6,9,11-12H2,1-4H3. The van der Waals surface area contributed by atoms with Crippen LogP contribution in [0, 0.1) is 0 Å². The van der Waals surface area contributed by atoms with Crippen LogP contribution in [0.25, 0.3) is 0 Å². The van der Waals surface area contributed by atoms with Crippen molar-refractivity contribution in [1.82, 2.24) is 10.2 Å². The van der Waals surface area contributed by atoms with Gasteiger partial charge in [-0.3, -0.25) is 4.79 Å². The van der Waals surface area contributed by atoms with E-state index in [2.05, 4.69) is 12.2 Å². The minimum Gasteiger partial charge on any atom is -0.490 e. The Bertz CT molecular complexity index is 447. The molecule has 0 saturated heterocycles. The maximum atomic E-state index is 11.6. The van der Waals surface area contributed by atoms with Gasteiger partial charge in [0.1, 0.15) is 0 Å². The molecular weight excluding hydrogens is 268 g/mol. The largest absolute Gasteiger partial charge is 0.490 e. The number of benzene rings is 1. The van der Waals surface area contributed by atoms with Crippen LogP contribution in [0.2, 0.25) is 0 Å². The molecule has 0 saturated carbocycles. The molecule has 1 aromatic rings. The van der Waals surface area contributed by atoms with Gasteiger partial charge in [-0.15, -0.1) is 0 Å². The summed E-state index contributed by atoms with van der Waals surface area (Å²) in [5, 5.41) is 3.35. The van der Waals surface area contributed by atoms with Crippen LogP contribution in [0.15, 0.2) is 18.2 Å². The van der Waals surface area contributed by atoms with Gasteiger partial charge in [0, 0.05) is 20.6 Å². The second-order valence-electron chi connectivity index (χ2n) is 4.97. The maximum Gasteiger partial charge on any atom is 0.259 e. The van der Waals surface area contributed by atoms with Crippen LogP contribution in [0.1, 0.15) is 25.8 Å². The highest BCUT2D eigenvalue weighted by atomic mass is 16.5. The van der Waals surface area contributed by atoms with E-state index in [-0.39, 0.29) is 12.5 Å². The summed E-state index contributed by atoms with van der Waals surface area (Å²) in [7, 11) is 3.41. The van der Waals surface area contributed by atoms with Crippen LogP contribution in [0.3, 0.4) is 0 Å². The summed E-state index contributed by atoms with van der Waals surface area (Å²) in [6.07, 6.45) is 1.10. The Labute approximate surface area is 127 Å². The van der Waals surface area contributed by atoms with Gasteiger partial charge in [0.2, 0.25) is 0 Å². The Morgan fingerprint density at radius 3 is 2.57 bits per heavy atom. The molecule has 1 rings (SSSR count). The number of hydrogen-bond donors (Lipinski definition) is 1. The normalized spacial score (nSPS) is 10.3. The predicted octanol–water partition coefficient (Wildman–Crippen LogP) is 2.05. The first-order valence-electron chi connectivity index (χ1n) is 7.37. The molecule has 0 bridgehead atoms. The van der Waals surface area contributed by atoms with Gasteiger partial charge in [-0.1, -0.05) is 13.0 Å². The fourth-order valence-electron chi connectivity index (χ4n) is 1.73. The quantitative estimate of drug-likeness (QED) is 0.708. The average Bonchev–Trinajstić information content (AvgIpc) is 2.46. The number of hydrogen-bond acceptors (Lipinski definition) is 4. The van der Waals surface area contributed by atoms with Crippen molar-refractivity contribution in [2.24, 2.45) is 0 Å². The van der Waals surface area contributed by atoms with Crippen molar-refractivity contribution in [1.29, 1.82) is 0 Å². The highest BCUT2D eigenvalue weighted by Crippen LogP contribution is 2.28. The first kappa shape index (κ1) is 17.3. The molecule has 1 amide bonds. The van der Waals surface area contributed by atoms with E-state index in [1.165, 1.54) is 4.90 Å². The third-order valence-electron chi connectivity index (χ3n) is 2.91. The smallest absolute Gasteiger partial charge is 0.259 e. The van der Waals surface area contributed by atoms with Crippen molar-refractivity contribution in [3.05, 3.63) is 23.8 Å². The van der Waals surface area contributed by atoms with E-state index < -0.39 is 0 Å². The fraction of sp³-hybridized carbons (Fsp3) is 0.562. The molecule has 0 aliphatic rings. The van der Waals surface area contributed by atoms with E-state index in [1.807, 2.05) is 25.1 Å². The van der Waals surface area contributed by atoms with E-state index >= 15 is 0 Å². The topological polar surface area (TPSA) is 50.8 Å². The number of nitrogens with one attached hydrogen (secondary N) is 1. The van der Waals surface area contributed by atoms with Gasteiger partial charge in [0.25, 0.3) is 5.91 Å². The number of amides is 1. The van der Waals surface area contributed by atoms with Crippen molar-refractivity contribution < 1.29 is 14.3 Å². The summed E-state index contributed by atoms with van der Waals surface area (Å²) in [5.74, 6) is 1.21. The van der Waals surface area contributed by atoms with Crippen LogP contribution < -0.4 is 14.8 Å². The second-order valence-corrected chi connectivity index (χ2v) is 4.97. The van der Waals surface area contributed by atoms with Crippen LogP contribution in [-0.2, 0) is 11.3 Å². The van der Waals surface area contributed by atoms with E-state index in [0.717, 1.165) is 25.1 Å². The lowest BCUT2D eigenvalue weighted by Gasteiger charge is -2.15. The highest BCUT2D eigenvalue weighted by molar-refractivity contribution is 5.77. The van der Waals surface area contributed by atoms with Gasteiger partial charge in [-0.2, -0.15) is 0 Å². The van der Waals surface area contributed by atoms with Crippen molar-refractivity contribution in [2.75, 3.05) is 33.9 Å². The molecule has 0 spiro atoms. The highest BCUT2D eigenvalue weighted by Gasteiger charge is 2.10. The summed E-state index contributed by atoms with van der Waals surface area (Å²) in [6.45, 7) is 6.42. The third-order valence-corrected chi connectivity index (χ3v) is 2.91. The van der Waals surface area contributed by atoms with Gasteiger partial charge < -0.3 is 19.7 Å². The van der Waals surface area contributed by atoms with Gasteiger partial charge in [0.05, 0.1) is 6.61 Å². The Balaban J connectivity index is 2.71. The molecular formula is C16H26N2O3. The van der Waals surface area contributed by atoms with Crippen LogP contribution in [0.5, 0.6) is 11.5 Å². The monoisotopic (exact) mass is 294 g/mol. The molecule has 5 nitrogen and oxygen atoms in total. The number of nitrogens with zero attached hydrogens (tertiary/aromatic N) is 1. The molecule has 118 valence electrons. The third kappa shape index (κ3) is 6.04. The summed E-state index contributed by atoms with van der Waals surface area (Å²) >= 11 is 0. The van der Waals surface area contributed by atoms with Crippen molar-refractivity contribution in [3.63, 3.8) is 0 Å². The zero-order valence-electron chi connectivity index (χ0n) is 13.4. The van der Waals surface area contributed by atoms with Gasteiger partial charge >= 0.3 is 0 Å². The maximum absolute atomic E-state index is 11.6. The van der Waals surface area contributed by atoms with Gasteiger partial charge in [-0.05, 0) is 37.6 Å². The minimum absolute atomic E-state index is 0.0144. The molecule has 1 aromatic carbocycles. The van der Waals surface area contributed by atoms with E-state index in [1.54, 1.807) is 14.1 Å². The molecule has 0 radical (unpaired) electrons. The van der Waals surface area contributed by atoms with Gasteiger partial charge in [0.15, 0.2) is 18.1 Å². The Kier molecular flexibility index (Phi) is 7.61. The summed E-state index contributed by atoms with van der Waals surface area (Å²) in [5.41, 5.74) is 1.14. The molecule has 1 N–H and O–H groups in total. The molecule has 0 aliphatic carbocycles. The molecule has 0 unspecified atom stereocenters. The number of carbonyl (C=O) groups excluding carboxylic acids is 1. The molecule has 0 aromatic heterocycles. The summed E-state index contributed by atoms with van der Waals surface area (Å²) < 4.78 is 11.2. The lowest BCUT2D eigenvalue weighted by molar-refractivity contribution is -0.130. The number of carbonyl (C=O) groups is 1. The molecule has 21 heavy (non-hydrogen) atoms.